The quantitative estimate of drug-likeness (QED) is 0.487. The van der Waals surface area contributed by atoms with Crippen molar-refractivity contribution < 1.29 is 14.8 Å². The molecule has 1 fully saturated rings. The lowest BCUT2D eigenvalue weighted by Gasteiger charge is -2.26. The summed E-state index contributed by atoms with van der Waals surface area (Å²) in [6.45, 7) is 1.26. The molecule has 2 rings (SSSR count). The number of anilines is 1. The van der Waals surface area contributed by atoms with Crippen LogP contribution in [0, 0.1) is 10.1 Å². The molecule has 0 unspecified atom stereocenters. The molecule has 1 aliphatic heterocycles. The summed E-state index contributed by atoms with van der Waals surface area (Å²) in [4.78, 5) is 23.8. The van der Waals surface area contributed by atoms with E-state index in [1.54, 1.807) is 4.90 Å². The molecule has 0 saturated carbocycles. The van der Waals surface area contributed by atoms with Crippen molar-refractivity contribution in [1.82, 2.24) is 4.90 Å². The van der Waals surface area contributed by atoms with Crippen molar-refractivity contribution in [1.29, 1.82) is 0 Å². The fourth-order valence-corrected chi connectivity index (χ4v) is 2.09. The van der Waals surface area contributed by atoms with Gasteiger partial charge in [-0.25, -0.2) is 4.79 Å². The van der Waals surface area contributed by atoms with Gasteiger partial charge in [0.1, 0.15) is 5.75 Å². The number of aromatic hydroxyl groups is 1. The minimum absolute atomic E-state index is 0.150. The lowest BCUT2D eigenvalue weighted by Crippen LogP contribution is -2.38. The minimum atomic E-state index is -0.633. The Balaban J connectivity index is 2.18. The number of hydrogen-bond acceptors (Lipinski definition) is 4. The first kappa shape index (κ1) is 13.1. The molecule has 0 atom stereocenters. The van der Waals surface area contributed by atoms with Gasteiger partial charge in [-0.1, -0.05) is 6.07 Å². The minimum Gasteiger partial charge on any atom is -0.505 e. The van der Waals surface area contributed by atoms with E-state index in [0.717, 1.165) is 19.3 Å². The van der Waals surface area contributed by atoms with Crippen LogP contribution in [-0.4, -0.2) is 34.1 Å². The van der Waals surface area contributed by atoms with E-state index in [0.29, 0.717) is 13.1 Å². The number of likely N-dealkylation sites (tertiary alicyclic amines) is 1. The van der Waals surface area contributed by atoms with Crippen LogP contribution in [0.15, 0.2) is 18.2 Å². The van der Waals surface area contributed by atoms with Gasteiger partial charge in [-0.2, -0.15) is 0 Å². The summed E-state index contributed by atoms with van der Waals surface area (Å²) in [5.41, 5.74) is -0.464. The van der Waals surface area contributed by atoms with Gasteiger partial charge in [-0.15, -0.1) is 0 Å². The summed E-state index contributed by atoms with van der Waals surface area (Å²) >= 11 is 0. The molecule has 1 heterocycles. The van der Waals surface area contributed by atoms with Crippen LogP contribution >= 0.6 is 0 Å². The number of para-hydroxylation sites is 1. The van der Waals surface area contributed by atoms with Crippen LogP contribution in [0.1, 0.15) is 19.3 Å². The molecule has 0 aromatic heterocycles. The molecule has 1 aromatic rings. The summed E-state index contributed by atoms with van der Waals surface area (Å²) in [7, 11) is 0. The molecule has 0 bridgehead atoms. The van der Waals surface area contributed by atoms with Gasteiger partial charge in [0.15, 0.2) is 5.69 Å². The van der Waals surface area contributed by atoms with Crippen molar-refractivity contribution in [2.45, 2.75) is 19.3 Å². The SMILES string of the molecule is O=C(Nc1c(O)cccc1[N+](=O)[O-])N1CCCCC1. The van der Waals surface area contributed by atoms with Crippen molar-refractivity contribution in [3.05, 3.63) is 28.3 Å². The van der Waals surface area contributed by atoms with Gasteiger partial charge < -0.3 is 10.0 Å². The number of amides is 2. The highest BCUT2D eigenvalue weighted by molar-refractivity contribution is 5.93. The zero-order valence-electron chi connectivity index (χ0n) is 10.3. The highest BCUT2D eigenvalue weighted by Gasteiger charge is 2.23. The van der Waals surface area contributed by atoms with Gasteiger partial charge in [0.25, 0.3) is 5.69 Å². The van der Waals surface area contributed by atoms with Crippen LogP contribution in [0.3, 0.4) is 0 Å². The maximum atomic E-state index is 12.0. The molecular formula is C12H15N3O4. The van der Waals surface area contributed by atoms with E-state index in [1.165, 1.54) is 18.2 Å². The summed E-state index contributed by atoms with van der Waals surface area (Å²) in [6, 6.07) is 3.50. The van der Waals surface area contributed by atoms with Gasteiger partial charge in [0, 0.05) is 19.2 Å². The number of nitrogens with zero attached hydrogens (tertiary/aromatic N) is 2. The second-order valence-corrected chi connectivity index (χ2v) is 4.41. The zero-order chi connectivity index (χ0) is 13.8. The lowest BCUT2D eigenvalue weighted by molar-refractivity contribution is -0.384. The Kier molecular flexibility index (Phi) is 3.84. The van der Waals surface area contributed by atoms with Gasteiger partial charge in [0.2, 0.25) is 0 Å². The molecule has 102 valence electrons. The highest BCUT2D eigenvalue weighted by atomic mass is 16.6. The van der Waals surface area contributed by atoms with Crippen LogP contribution in [0.2, 0.25) is 0 Å². The van der Waals surface area contributed by atoms with Crippen LogP contribution in [0.25, 0.3) is 0 Å². The van der Waals surface area contributed by atoms with E-state index < -0.39 is 11.0 Å². The van der Waals surface area contributed by atoms with Crippen LogP contribution in [0.5, 0.6) is 5.75 Å². The number of phenols is 1. The van der Waals surface area contributed by atoms with Crippen molar-refractivity contribution in [3.63, 3.8) is 0 Å². The number of phenolic OH excluding ortho intramolecular Hbond substituents is 1. The number of carbonyl (C=O) groups excluding carboxylic acids is 1. The first-order valence-electron chi connectivity index (χ1n) is 6.12. The Morgan fingerprint density at radius 2 is 2.00 bits per heavy atom. The number of hydrogen-bond donors (Lipinski definition) is 2. The summed E-state index contributed by atoms with van der Waals surface area (Å²) in [5, 5.41) is 22.9. The number of benzene rings is 1. The number of piperidine rings is 1. The third-order valence-corrected chi connectivity index (χ3v) is 3.09. The van der Waals surface area contributed by atoms with Gasteiger partial charge >= 0.3 is 6.03 Å². The number of urea groups is 1. The molecule has 2 amide bonds. The van der Waals surface area contributed by atoms with Crippen molar-refractivity contribution in [2.75, 3.05) is 18.4 Å². The van der Waals surface area contributed by atoms with E-state index in [4.69, 9.17) is 0 Å². The average Bonchev–Trinajstić information content (AvgIpc) is 2.41. The molecule has 2 N–H and O–H groups in total. The Morgan fingerprint density at radius 3 is 2.63 bits per heavy atom. The predicted octanol–water partition coefficient (Wildman–Crippen LogP) is 2.32. The van der Waals surface area contributed by atoms with E-state index in [1.807, 2.05) is 0 Å². The van der Waals surface area contributed by atoms with Crippen molar-refractivity contribution >= 4 is 17.4 Å². The lowest BCUT2D eigenvalue weighted by atomic mass is 10.1. The molecule has 0 radical (unpaired) electrons. The van der Waals surface area contributed by atoms with Gasteiger partial charge in [-0.3, -0.25) is 15.4 Å². The molecule has 0 aliphatic carbocycles. The second kappa shape index (κ2) is 5.55. The molecule has 1 aromatic carbocycles. The third kappa shape index (κ3) is 2.93. The molecule has 1 saturated heterocycles. The predicted molar refractivity (Wildman–Crippen MR) is 69.2 cm³/mol. The number of nitrogens with one attached hydrogen (secondary N) is 1. The summed E-state index contributed by atoms with van der Waals surface area (Å²) in [6.07, 6.45) is 2.94. The summed E-state index contributed by atoms with van der Waals surface area (Å²) in [5.74, 6) is -0.306. The number of carbonyl (C=O) groups is 1. The monoisotopic (exact) mass is 265 g/mol. The molecule has 7 heteroatoms. The Bertz CT molecular complexity index is 498. The molecule has 0 spiro atoms. The third-order valence-electron chi connectivity index (χ3n) is 3.09. The largest absolute Gasteiger partial charge is 0.505 e. The molecule has 1 aliphatic rings. The van der Waals surface area contributed by atoms with Crippen LogP contribution in [0.4, 0.5) is 16.2 Å². The number of nitro groups is 1. The smallest absolute Gasteiger partial charge is 0.322 e. The van der Waals surface area contributed by atoms with Gasteiger partial charge in [-0.05, 0) is 25.3 Å². The van der Waals surface area contributed by atoms with Crippen LogP contribution in [-0.2, 0) is 0 Å². The maximum absolute atomic E-state index is 12.0. The maximum Gasteiger partial charge on any atom is 0.322 e. The fraction of sp³-hybridized carbons (Fsp3) is 0.417. The van der Waals surface area contributed by atoms with E-state index >= 15 is 0 Å². The van der Waals surface area contributed by atoms with E-state index in [9.17, 15) is 20.0 Å². The topological polar surface area (TPSA) is 95.7 Å². The Morgan fingerprint density at radius 1 is 1.32 bits per heavy atom. The Labute approximate surface area is 110 Å². The number of nitro benzene ring substituents is 1. The fourth-order valence-electron chi connectivity index (χ4n) is 2.09. The second-order valence-electron chi connectivity index (χ2n) is 4.41. The average molecular weight is 265 g/mol. The van der Waals surface area contributed by atoms with Crippen molar-refractivity contribution in [2.24, 2.45) is 0 Å². The first-order valence-corrected chi connectivity index (χ1v) is 6.12. The zero-order valence-corrected chi connectivity index (χ0v) is 10.3. The standard InChI is InChI=1S/C12H15N3O4/c16-10-6-4-5-9(15(18)19)11(10)13-12(17)14-7-2-1-3-8-14/h4-6,16H,1-3,7-8H2,(H,13,17). The van der Waals surface area contributed by atoms with Crippen molar-refractivity contribution in [3.8, 4) is 5.75 Å². The highest BCUT2D eigenvalue weighted by Crippen LogP contribution is 2.33. The van der Waals surface area contributed by atoms with Gasteiger partial charge in [0.05, 0.1) is 4.92 Å². The normalized spacial score (nSPS) is 15.1. The van der Waals surface area contributed by atoms with E-state index in [2.05, 4.69) is 5.32 Å². The van der Waals surface area contributed by atoms with Crippen LogP contribution < -0.4 is 5.32 Å². The van der Waals surface area contributed by atoms with E-state index in [-0.39, 0.29) is 17.1 Å². The first-order chi connectivity index (χ1) is 9.09. The molecule has 19 heavy (non-hydrogen) atoms. The molecule has 7 nitrogen and oxygen atoms in total. The number of rotatable bonds is 2. The summed E-state index contributed by atoms with van der Waals surface area (Å²) < 4.78 is 0. The Hall–Kier alpha value is -2.31. The molecular weight excluding hydrogens is 250 g/mol.